The molecule has 2 N–H and O–H groups in total. The van der Waals surface area contributed by atoms with Crippen molar-refractivity contribution in [3.8, 4) is 5.75 Å². The maximum absolute atomic E-state index is 10.6. The average molecular weight is 300 g/mol. The molecule has 0 aliphatic carbocycles. The maximum atomic E-state index is 10.6. The number of nitrogens with zero attached hydrogens (tertiary/aromatic N) is 1. The molecule has 5 nitrogen and oxygen atoms in total. The first kappa shape index (κ1) is 15.1. The molecule has 20 heavy (non-hydrogen) atoms. The van der Waals surface area contributed by atoms with Crippen molar-refractivity contribution >= 4 is 17.6 Å². The van der Waals surface area contributed by atoms with Crippen LogP contribution in [0.15, 0.2) is 18.2 Å². The van der Waals surface area contributed by atoms with Crippen molar-refractivity contribution in [2.45, 2.75) is 25.4 Å². The molecule has 0 aromatic heterocycles. The van der Waals surface area contributed by atoms with Gasteiger partial charge in [-0.2, -0.15) is 0 Å². The highest BCUT2D eigenvalue weighted by Gasteiger charge is 2.24. The van der Waals surface area contributed by atoms with E-state index in [9.17, 15) is 9.90 Å². The van der Waals surface area contributed by atoms with Gasteiger partial charge in [0.15, 0.2) is 6.61 Å². The van der Waals surface area contributed by atoms with Crippen LogP contribution in [-0.2, 0) is 11.3 Å². The predicted molar refractivity (Wildman–Crippen MR) is 75.1 cm³/mol. The highest BCUT2D eigenvalue weighted by atomic mass is 35.5. The second-order valence-corrected chi connectivity index (χ2v) is 5.32. The Balaban J connectivity index is 2.12. The van der Waals surface area contributed by atoms with Crippen molar-refractivity contribution in [1.29, 1.82) is 0 Å². The number of aliphatic hydroxyl groups excluding tert-OH is 1. The molecule has 2 rings (SSSR count). The summed E-state index contributed by atoms with van der Waals surface area (Å²) in [6.45, 7) is 1.26. The smallest absolute Gasteiger partial charge is 0.341 e. The van der Waals surface area contributed by atoms with Gasteiger partial charge in [-0.3, -0.25) is 4.90 Å². The summed E-state index contributed by atoms with van der Waals surface area (Å²) in [5.41, 5.74) is 0.846. The summed E-state index contributed by atoms with van der Waals surface area (Å²) >= 11 is 6.00. The van der Waals surface area contributed by atoms with Crippen molar-refractivity contribution in [3.63, 3.8) is 0 Å². The summed E-state index contributed by atoms with van der Waals surface area (Å²) in [4.78, 5) is 12.8. The van der Waals surface area contributed by atoms with E-state index in [1.54, 1.807) is 18.2 Å². The number of carboxylic acid groups (broad SMARTS) is 1. The Bertz CT molecular complexity index is 480. The quantitative estimate of drug-likeness (QED) is 0.837. The molecular formula is C14H18ClNO4. The summed E-state index contributed by atoms with van der Waals surface area (Å²) in [6.07, 6.45) is 2.03. The Morgan fingerprint density at radius 3 is 3.00 bits per heavy atom. The lowest BCUT2D eigenvalue weighted by atomic mass is 10.1. The number of hydrogen-bond donors (Lipinski definition) is 2. The number of likely N-dealkylation sites (tertiary alicyclic amines) is 1. The van der Waals surface area contributed by atoms with Crippen LogP contribution in [0, 0.1) is 0 Å². The number of carboxylic acids is 1. The Morgan fingerprint density at radius 2 is 2.30 bits per heavy atom. The fourth-order valence-corrected chi connectivity index (χ4v) is 2.68. The minimum Gasteiger partial charge on any atom is -0.482 e. The fraction of sp³-hybridized carbons (Fsp3) is 0.500. The van der Waals surface area contributed by atoms with E-state index in [-0.39, 0.29) is 19.3 Å². The molecular weight excluding hydrogens is 282 g/mol. The SMILES string of the molecule is O=C(O)COc1ccc(Cl)cc1CN1CCC[C@H]1CO. The molecule has 1 aliphatic rings. The van der Waals surface area contributed by atoms with Gasteiger partial charge in [0, 0.05) is 23.2 Å². The molecule has 0 radical (unpaired) electrons. The van der Waals surface area contributed by atoms with Gasteiger partial charge in [-0.25, -0.2) is 4.79 Å². The first-order valence-corrected chi connectivity index (χ1v) is 6.96. The van der Waals surface area contributed by atoms with E-state index in [4.69, 9.17) is 21.4 Å². The number of carbonyl (C=O) groups is 1. The Morgan fingerprint density at radius 1 is 1.50 bits per heavy atom. The van der Waals surface area contributed by atoms with E-state index in [1.165, 1.54) is 0 Å². The van der Waals surface area contributed by atoms with Crippen LogP contribution in [0.1, 0.15) is 18.4 Å². The zero-order valence-electron chi connectivity index (χ0n) is 11.1. The molecule has 1 saturated heterocycles. The third kappa shape index (κ3) is 3.85. The monoisotopic (exact) mass is 299 g/mol. The topological polar surface area (TPSA) is 70.0 Å². The first-order valence-electron chi connectivity index (χ1n) is 6.58. The molecule has 0 saturated carbocycles. The van der Waals surface area contributed by atoms with E-state index in [0.29, 0.717) is 17.3 Å². The van der Waals surface area contributed by atoms with Crippen LogP contribution in [0.25, 0.3) is 0 Å². The summed E-state index contributed by atoms with van der Waals surface area (Å²) in [5.74, 6) is -0.485. The highest BCUT2D eigenvalue weighted by Crippen LogP contribution is 2.27. The fourth-order valence-electron chi connectivity index (χ4n) is 2.48. The van der Waals surface area contributed by atoms with Crippen LogP contribution in [-0.4, -0.2) is 46.9 Å². The molecule has 0 bridgehead atoms. The third-order valence-electron chi connectivity index (χ3n) is 3.46. The number of aliphatic hydroxyl groups is 1. The summed E-state index contributed by atoms with van der Waals surface area (Å²) in [7, 11) is 0. The molecule has 6 heteroatoms. The lowest BCUT2D eigenvalue weighted by Gasteiger charge is -2.23. The largest absolute Gasteiger partial charge is 0.482 e. The molecule has 0 amide bonds. The molecule has 0 spiro atoms. The van der Waals surface area contributed by atoms with Crippen LogP contribution < -0.4 is 4.74 Å². The highest BCUT2D eigenvalue weighted by molar-refractivity contribution is 6.30. The van der Waals surface area contributed by atoms with Gasteiger partial charge in [-0.1, -0.05) is 11.6 Å². The third-order valence-corrected chi connectivity index (χ3v) is 3.69. The lowest BCUT2D eigenvalue weighted by molar-refractivity contribution is -0.139. The zero-order valence-corrected chi connectivity index (χ0v) is 11.8. The van der Waals surface area contributed by atoms with Crippen molar-refractivity contribution in [2.24, 2.45) is 0 Å². The summed E-state index contributed by atoms with van der Waals surface area (Å²) in [6, 6.07) is 5.30. The number of aliphatic carboxylic acids is 1. The number of halogens is 1. The van der Waals surface area contributed by atoms with E-state index < -0.39 is 5.97 Å². The summed E-state index contributed by atoms with van der Waals surface area (Å²) in [5, 5.41) is 18.6. The van der Waals surface area contributed by atoms with Gasteiger partial charge in [-0.15, -0.1) is 0 Å². The lowest BCUT2D eigenvalue weighted by Crippen LogP contribution is -2.31. The molecule has 110 valence electrons. The van der Waals surface area contributed by atoms with Crippen molar-refractivity contribution in [3.05, 3.63) is 28.8 Å². The van der Waals surface area contributed by atoms with Gasteiger partial charge in [0.1, 0.15) is 5.75 Å². The van der Waals surface area contributed by atoms with Gasteiger partial charge < -0.3 is 14.9 Å². The predicted octanol–water partition coefficient (Wildman–Crippen LogP) is 1.76. The Labute approximate surface area is 122 Å². The molecule has 1 fully saturated rings. The minimum absolute atomic E-state index is 0.131. The van der Waals surface area contributed by atoms with Crippen LogP contribution in [0.5, 0.6) is 5.75 Å². The molecule has 1 aliphatic heterocycles. The van der Waals surface area contributed by atoms with E-state index in [1.807, 2.05) is 0 Å². The average Bonchev–Trinajstić information content (AvgIpc) is 2.85. The molecule has 0 unspecified atom stereocenters. The van der Waals surface area contributed by atoms with Crippen molar-refractivity contribution in [1.82, 2.24) is 4.90 Å². The van der Waals surface area contributed by atoms with Crippen LogP contribution in [0.3, 0.4) is 0 Å². The first-order chi connectivity index (χ1) is 9.60. The second-order valence-electron chi connectivity index (χ2n) is 4.88. The summed E-state index contributed by atoms with van der Waals surface area (Å²) < 4.78 is 5.29. The van der Waals surface area contributed by atoms with Crippen LogP contribution >= 0.6 is 11.6 Å². The molecule has 1 atom stereocenters. The zero-order chi connectivity index (χ0) is 14.5. The van der Waals surface area contributed by atoms with Crippen molar-refractivity contribution in [2.75, 3.05) is 19.8 Å². The standard InChI is InChI=1S/C14H18ClNO4/c15-11-3-4-13(20-9-14(18)19)10(6-11)7-16-5-1-2-12(16)8-17/h3-4,6,12,17H,1-2,5,7-9H2,(H,18,19)/t12-/m0/s1. The van der Waals surface area contributed by atoms with Crippen molar-refractivity contribution < 1.29 is 19.7 Å². The van der Waals surface area contributed by atoms with Crippen LogP contribution in [0.2, 0.25) is 5.02 Å². The number of benzene rings is 1. The number of ether oxygens (including phenoxy) is 1. The normalized spacial score (nSPS) is 19.2. The van der Waals surface area contributed by atoms with Gasteiger partial charge in [0.05, 0.1) is 6.61 Å². The second kappa shape index (κ2) is 6.92. The van der Waals surface area contributed by atoms with Gasteiger partial charge in [0.25, 0.3) is 0 Å². The number of rotatable bonds is 6. The molecule has 1 heterocycles. The van der Waals surface area contributed by atoms with Gasteiger partial charge >= 0.3 is 5.97 Å². The van der Waals surface area contributed by atoms with Crippen LogP contribution in [0.4, 0.5) is 0 Å². The van der Waals surface area contributed by atoms with E-state index in [2.05, 4.69) is 4.90 Å². The molecule has 1 aromatic rings. The molecule has 1 aromatic carbocycles. The Kier molecular flexibility index (Phi) is 5.23. The van der Waals surface area contributed by atoms with Gasteiger partial charge in [-0.05, 0) is 37.6 Å². The Hall–Kier alpha value is -1.30. The minimum atomic E-state index is -1.01. The number of hydrogen-bond acceptors (Lipinski definition) is 4. The van der Waals surface area contributed by atoms with E-state index in [0.717, 1.165) is 24.9 Å². The van der Waals surface area contributed by atoms with E-state index >= 15 is 0 Å². The maximum Gasteiger partial charge on any atom is 0.341 e. The van der Waals surface area contributed by atoms with Gasteiger partial charge in [0.2, 0.25) is 0 Å².